The van der Waals surface area contributed by atoms with Gasteiger partial charge in [-0.05, 0) is 30.0 Å². The van der Waals surface area contributed by atoms with E-state index in [1.165, 1.54) is 5.56 Å². The highest BCUT2D eigenvalue weighted by Gasteiger charge is 2.10. The average molecular weight is 243 g/mol. The smallest absolute Gasteiger partial charge is 0.0994 e. The van der Waals surface area contributed by atoms with E-state index in [4.69, 9.17) is 5.73 Å². The lowest BCUT2D eigenvalue weighted by Crippen LogP contribution is -2.13. The summed E-state index contributed by atoms with van der Waals surface area (Å²) in [5.41, 5.74) is 9.63. The summed E-state index contributed by atoms with van der Waals surface area (Å²) in [6.45, 7) is 6.49. The van der Waals surface area contributed by atoms with E-state index in [2.05, 4.69) is 54.6 Å². The minimum absolute atomic E-state index is 0.0391. The Balaban J connectivity index is 2.34. The minimum atomic E-state index is 0.0391. The molecule has 0 aliphatic rings. The van der Waals surface area contributed by atoms with Crippen molar-refractivity contribution in [2.45, 2.75) is 39.2 Å². The maximum absolute atomic E-state index is 6.09. The molecule has 0 radical (unpaired) electrons. The van der Waals surface area contributed by atoms with Crippen LogP contribution in [0, 0.1) is 0 Å². The molecule has 0 aliphatic carbocycles. The van der Waals surface area contributed by atoms with Crippen LogP contribution in [0.25, 0.3) is 5.69 Å². The molecule has 18 heavy (non-hydrogen) atoms. The largest absolute Gasteiger partial charge is 0.323 e. The lowest BCUT2D eigenvalue weighted by molar-refractivity contribution is 0.659. The first-order valence-electron chi connectivity index (χ1n) is 6.51. The lowest BCUT2D eigenvalue weighted by Gasteiger charge is -2.14. The van der Waals surface area contributed by atoms with Crippen LogP contribution in [-0.4, -0.2) is 9.55 Å². The number of rotatable bonds is 4. The van der Waals surface area contributed by atoms with Gasteiger partial charge < -0.3 is 10.3 Å². The molecule has 96 valence electrons. The molecule has 0 spiro atoms. The third-order valence-electron chi connectivity index (χ3n) is 3.32. The van der Waals surface area contributed by atoms with Gasteiger partial charge in [0.25, 0.3) is 0 Å². The van der Waals surface area contributed by atoms with Gasteiger partial charge in [-0.15, -0.1) is 0 Å². The molecule has 2 N–H and O–H groups in total. The van der Waals surface area contributed by atoms with Gasteiger partial charge >= 0.3 is 0 Å². The zero-order valence-electron chi connectivity index (χ0n) is 11.3. The fraction of sp³-hybridized carbons (Fsp3) is 0.400. The van der Waals surface area contributed by atoms with Crippen molar-refractivity contribution in [3.8, 4) is 5.69 Å². The molecule has 2 rings (SSSR count). The van der Waals surface area contributed by atoms with Gasteiger partial charge in [0.2, 0.25) is 0 Å². The van der Waals surface area contributed by atoms with Crippen molar-refractivity contribution in [1.29, 1.82) is 0 Å². The standard InChI is InChI=1S/C15H21N3/c1-4-14(16)15-9-17-10-18(15)13-7-5-12(6-8-13)11(2)3/h5-11,14H,4,16H2,1-3H3/t14-/m1/s1. The Morgan fingerprint density at radius 3 is 2.44 bits per heavy atom. The molecule has 1 atom stereocenters. The number of hydrogen-bond donors (Lipinski definition) is 1. The van der Waals surface area contributed by atoms with Crippen molar-refractivity contribution < 1.29 is 0 Å². The van der Waals surface area contributed by atoms with Crippen molar-refractivity contribution in [3.63, 3.8) is 0 Å². The van der Waals surface area contributed by atoms with Crippen LogP contribution in [0.1, 0.15) is 50.4 Å². The van der Waals surface area contributed by atoms with Crippen molar-refractivity contribution >= 4 is 0 Å². The molecule has 3 nitrogen and oxygen atoms in total. The van der Waals surface area contributed by atoms with E-state index < -0.39 is 0 Å². The maximum atomic E-state index is 6.09. The van der Waals surface area contributed by atoms with E-state index in [1.54, 1.807) is 0 Å². The van der Waals surface area contributed by atoms with Gasteiger partial charge in [0, 0.05) is 11.7 Å². The first-order valence-corrected chi connectivity index (χ1v) is 6.51. The Bertz CT molecular complexity index is 497. The maximum Gasteiger partial charge on any atom is 0.0994 e. The van der Waals surface area contributed by atoms with Crippen molar-refractivity contribution in [2.24, 2.45) is 5.73 Å². The third kappa shape index (κ3) is 2.46. The van der Waals surface area contributed by atoms with Crippen LogP contribution in [0.4, 0.5) is 0 Å². The summed E-state index contributed by atoms with van der Waals surface area (Å²) >= 11 is 0. The molecular weight excluding hydrogens is 222 g/mol. The molecule has 1 aromatic carbocycles. The van der Waals surface area contributed by atoms with Crippen molar-refractivity contribution in [3.05, 3.63) is 48.0 Å². The average Bonchev–Trinajstić information content (AvgIpc) is 2.87. The number of benzene rings is 1. The number of nitrogens with zero attached hydrogens (tertiary/aromatic N) is 2. The number of imidazole rings is 1. The summed E-state index contributed by atoms with van der Waals surface area (Å²) in [6.07, 6.45) is 4.59. The lowest BCUT2D eigenvalue weighted by atomic mass is 10.0. The second-order valence-corrected chi connectivity index (χ2v) is 4.95. The number of nitrogens with two attached hydrogens (primary N) is 1. The van der Waals surface area contributed by atoms with Gasteiger partial charge in [-0.25, -0.2) is 4.98 Å². The van der Waals surface area contributed by atoms with Crippen LogP contribution in [0.5, 0.6) is 0 Å². The summed E-state index contributed by atoms with van der Waals surface area (Å²) in [4.78, 5) is 4.21. The SMILES string of the molecule is CC[C@@H](N)c1cncn1-c1ccc(C(C)C)cc1. The van der Waals surface area contributed by atoms with E-state index in [9.17, 15) is 0 Å². The molecule has 3 heteroatoms. The summed E-state index contributed by atoms with van der Waals surface area (Å²) in [7, 11) is 0. The first kappa shape index (κ1) is 12.8. The molecule has 0 saturated carbocycles. The van der Waals surface area contributed by atoms with Crippen molar-refractivity contribution in [2.75, 3.05) is 0 Å². The van der Waals surface area contributed by atoms with Crippen LogP contribution >= 0.6 is 0 Å². The van der Waals surface area contributed by atoms with Gasteiger partial charge in [0.05, 0.1) is 18.2 Å². The summed E-state index contributed by atoms with van der Waals surface area (Å²) in [5, 5.41) is 0. The molecule has 0 amide bonds. The second kappa shape index (κ2) is 5.36. The Kier molecular flexibility index (Phi) is 3.82. The van der Waals surface area contributed by atoms with Gasteiger partial charge in [-0.3, -0.25) is 0 Å². The Morgan fingerprint density at radius 2 is 1.89 bits per heavy atom. The molecule has 0 bridgehead atoms. The van der Waals surface area contributed by atoms with Crippen LogP contribution in [0.3, 0.4) is 0 Å². The number of hydrogen-bond acceptors (Lipinski definition) is 2. The Hall–Kier alpha value is -1.61. The monoisotopic (exact) mass is 243 g/mol. The highest BCUT2D eigenvalue weighted by atomic mass is 15.1. The van der Waals surface area contributed by atoms with Crippen molar-refractivity contribution in [1.82, 2.24) is 9.55 Å². The second-order valence-electron chi connectivity index (χ2n) is 4.95. The van der Waals surface area contributed by atoms with Gasteiger partial charge in [-0.1, -0.05) is 32.9 Å². The van der Waals surface area contributed by atoms with Crippen LogP contribution in [-0.2, 0) is 0 Å². The highest BCUT2D eigenvalue weighted by Crippen LogP contribution is 2.20. The van der Waals surface area contributed by atoms with Gasteiger partial charge in [0.15, 0.2) is 0 Å². The number of aromatic nitrogens is 2. The van der Waals surface area contributed by atoms with Crippen LogP contribution < -0.4 is 5.73 Å². The molecule has 0 saturated heterocycles. The Labute approximate surface area is 109 Å². The van der Waals surface area contributed by atoms with E-state index in [1.807, 2.05) is 12.5 Å². The molecule has 0 fully saturated rings. The summed E-state index contributed by atoms with van der Waals surface area (Å²) in [5.74, 6) is 0.555. The fourth-order valence-electron chi connectivity index (χ4n) is 2.02. The molecule has 0 unspecified atom stereocenters. The molecule has 2 aromatic rings. The van der Waals surface area contributed by atoms with E-state index in [0.717, 1.165) is 17.8 Å². The quantitative estimate of drug-likeness (QED) is 0.894. The minimum Gasteiger partial charge on any atom is -0.323 e. The van der Waals surface area contributed by atoms with E-state index in [-0.39, 0.29) is 6.04 Å². The molecule has 1 heterocycles. The van der Waals surface area contributed by atoms with E-state index >= 15 is 0 Å². The highest BCUT2D eigenvalue weighted by molar-refractivity contribution is 5.37. The molecule has 0 aliphatic heterocycles. The predicted molar refractivity (Wildman–Crippen MR) is 74.9 cm³/mol. The first-order chi connectivity index (χ1) is 8.63. The zero-order chi connectivity index (χ0) is 13.1. The van der Waals surface area contributed by atoms with Crippen LogP contribution in [0.2, 0.25) is 0 Å². The summed E-state index contributed by atoms with van der Waals surface area (Å²) in [6, 6.07) is 8.63. The zero-order valence-corrected chi connectivity index (χ0v) is 11.3. The third-order valence-corrected chi connectivity index (χ3v) is 3.32. The fourth-order valence-corrected chi connectivity index (χ4v) is 2.02. The van der Waals surface area contributed by atoms with E-state index in [0.29, 0.717) is 5.92 Å². The van der Waals surface area contributed by atoms with Crippen LogP contribution in [0.15, 0.2) is 36.8 Å². The molecule has 1 aromatic heterocycles. The van der Waals surface area contributed by atoms with Gasteiger partial charge in [-0.2, -0.15) is 0 Å². The Morgan fingerprint density at radius 1 is 1.22 bits per heavy atom. The van der Waals surface area contributed by atoms with Gasteiger partial charge in [0.1, 0.15) is 0 Å². The normalized spacial score (nSPS) is 12.9. The predicted octanol–water partition coefficient (Wildman–Crippen LogP) is 3.41. The molecular formula is C15H21N3. The summed E-state index contributed by atoms with van der Waals surface area (Å²) < 4.78 is 2.07. The topological polar surface area (TPSA) is 43.8 Å².